The van der Waals surface area contributed by atoms with Gasteiger partial charge in [0.2, 0.25) is 0 Å². The largest absolute Gasteiger partial charge is 0.508 e. The summed E-state index contributed by atoms with van der Waals surface area (Å²) < 4.78 is 12.0. The van der Waals surface area contributed by atoms with Crippen molar-refractivity contribution in [2.75, 3.05) is 0 Å². The first-order chi connectivity index (χ1) is 5.52. The van der Waals surface area contributed by atoms with Crippen molar-refractivity contribution in [2.45, 2.75) is 6.92 Å². The summed E-state index contributed by atoms with van der Waals surface area (Å²) in [5, 5.41) is 16.0. The average Bonchev–Trinajstić information content (AvgIpc) is 1.94. The molecule has 3 nitrogen and oxygen atoms in total. The summed E-state index contributed by atoms with van der Waals surface area (Å²) in [5.74, 6) is -1.07. The second-order valence-corrected chi connectivity index (χ2v) is 2.00. The summed E-state index contributed by atoms with van der Waals surface area (Å²) in [4.78, 5) is 9.00. The highest BCUT2D eigenvalue weighted by Crippen LogP contribution is 2.06. The standard InChI is InChI=1S/C6H5FO.C2H4O2/c7-5-1-3-6(8)4-2-5;1-2(3)4/h1-4,8H;1H3,(H,3,4). The molecule has 66 valence electrons. The Kier molecular flexibility index (Phi) is 4.45. The van der Waals surface area contributed by atoms with Crippen molar-refractivity contribution in [1.82, 2.24) is 0 Å². The fourth-order valence-corrected chi connectivity index (χ4v) is 0.441. The second kappa shape index (κ2) is 5.12. The maximum Gasteiger partial charge on any atom is 0.300 e. The first kappa shape index (κ1) is 10.4. The van der Waals surface area contributed by atoms with Crippen molar-refractivity contribution >= 4 is 5.97 Å². The predicted molar refractivity (Wildman–Crippen MR) is 41.4 cm³/mol. The second-order valence-electron chi connectivity index (χ2n) is 2.00. The lowest BCUT2D eigenvalue weighted by Gasteiger charge is -1.86. The molecule has 0 bridgehead atoms. The van der Waals surface area contributed by atoms with Crippen molar-refractivity contribution in [3.63, 3.8) is 0 Å². The number of aliphatic carboxylic acids is 1. The molecule has 1 aromatic carbocycles. The van der Waals surface area contributed by atoms with Crippen LogP contribution in [0, 0.1) is 5.82 Å². The molecule has 0 aromatic heterocycles. The number of aromatic hydroxyl groups is 1. The van der Waals surface area contributed by atoms with Crippen LogP contribution in [-0.4, -0.2) is 16.2 Å². The molecule has 0 saturated heterocycles. The monoisotopic (exact) mass is 172 g/mol. The summed E-state index contributed by atoms with van der Waals surface area (Å²) >= 11 is 0. The number of carbonyl (C=O) groups is 1. The summed E-state index contributed by atoms with van der Waals surface area (Å²) in [6, 6.07) is 5.01. The molecule has 0 fully saturated rings. The quantitative estimate of drug-likeness (QED) is 0.625. The molecule has 0 aliphatic heterocycles. The van der Waals surface area contributed by atoms with Crippen LogP contribution in [0.2, 0.25) is 0 Å². The normalized spacial score (nSPS) is 8.17. The van der Waals surface area contributed by atoms with Gasteiger partial charge in [-0.25, -0.2) is 4.39 Å². The van der Waals surface area contributed by atoms with Crippen LogP contribution in [0.5, 0.6) is 5.75 Å². The zero-order chi connectivity index (χ0) is 9.56. The van der Waals surface area contributed by atoms with Gasteiger partial charge in [-0.15, -0.1) is 0 Å². The van der Waals surface area contributed by atoms with Crippen LogP contribution < -0.4 is 0 Å². The minimum absolute atomic E-state index is 0.0893. The number of hydrogen-bond acceptors (Lipinski definition) is 2. The van der Waals surface area contributed by atoms with Crippen molar-refractivity contribution in [3.05, 3.63) is 30.1 Å². The minimum atomic E-state index is -0.833. The van der Waals surface area contributed by atoms with Crippen molar-refractivity contribution in [3.8, 4) is 5.75 Å². The van der Waals surface area contributed by atoms with Gasteiger partial charge >= 0.3 is 0 Å². The third-order valence-corrected chi connectivity index (χ3v) is 0.827. The molecule has 0 radical (unpaired) electrons. The van der Waals surface area contributed by atoms with E-state index in [1.807, 2.05) is 0 Å². The van der Waals surface area contributed by atoms with E-state index in [-0.39, 0.29) is 11.6 Å². The summed E-state index contributed by atoms with van der Waals surface area (Å²) in [6.45, 7) is 1.08. The summed E-state index contributed by atoms with van der Waals surface area (Å²) in [5.41, 5.74) is 0. The van der Waals surface area contributed by atoms with E-state index in [1.54, 1.807) is 0 Å². The molecule has 1 aromatic rings. The molecule has 12 heavy (non-hydrogen) atoms. The lowest BCUT2D eigenvalue weighted by molar-refractivity contribution is -0.134. The number of phenols is 1. The Morgan fingerprint density at radius 1 is 1.33 bits per heavy atom. The molecule has 0 aliphatic rings. The van der Waals surface area contributed by atoms with Gasteiger partial charge in [0.1, 0.15) is 11.6 Å². The van der Waals surface area contributed by atoms with Gasteiger partial charge in [0.15, 0.2) is 0 Å². The molecule has 0 heterocycles. The van der Waals surface area contributed by atoms with Crippen molar-refractivity contribution in [2.24, 2.45) is 0 Å². The van der Waals surface area contributed by atoms with E-state index in [9.17, 15) is 4.39 Å². The number of phenolic OH excluding ortho intramolecular Hbond substituents is 1. The molecular weight excluding hydrogens is 163 g/mol. The van der Waals surface area contributed by atoms with Gasteiger partial charge in [0.05, 0.1) is 0 Å². The molecule has 0 spiro atoms. The third kappa shape index (κ3) is 6.54. The maximum absolute atomic E-state index is 12.0. The van der Waals surface area contributed by atoms with E-state index >= 15 is 0 Å². The van der Waals surface area contributed by atoms with Gasteiger partial charge < -0.3 is 10.2 Å². The lowest BCUT2D eigenvalue weighted by atomic mass is 10.3. The molecule has 0 saturated carbocycles. The highest BCUT2D eigenvalue weighted by molar-refractivity contribution is 5.62. The van der Waals surface area contributed by atoms with E-state index in [2.05, 4.69) is 0 Å². The first-order valence-corrected chi connectivity index (χ1v) is 3.16. The van der Waals surface area contributed by atoms with E-state index in [4.69, 9.17) is 15.0 Å². The van der Waals surface area contributed by atoms with Crippen LogP contribution in [0.15, 0.2) is 24.3 Å². The van der Waals surface area contributed by atoms with Crippen LogP contribution in [0.4, 0.5) is 4.39 Å². The van der Waals surface area contributed by atoms with Gasteiger partial charge in [0, 0.05) is 6.92 Å². The Morgan fingerprint density at radius 2 is 1.67 bits per heavy atom. The highest BCUT2D eigenvalue weighted by atomic mass is 19.1. The molecule has 2 N–H and O–H groups in total. The van der Waals surface area contributed by atoms with E-state index in [0.717, 1.165) is 6.92 Å². The molecule has 0 amide bonds. The summed E-state index contributed by atoms with van der Waals surface area (Å²) in [7, 11) is 0. The fourth-order valence-electron chi connectivity index (χ4n) is 0.441. The Balaban J connectivity index is 0.000000261. The third-order valence-electron chi connectivity index (χ3n) is 0.827. The smallest absolute Gasteiger partial charge is 0.300 e. The number of halogens is 1. The molecule has 1 rings (SSSR count). The van der Waals surface area contributed by atoms with Gasteiger partial charge in [-0.3, -0.25) is 4.79 Å². The zero-order valence-electron chi connectivity index (χ0n) is 6.49. The molecule has 0 unspecified atom stereocenters. The molecular formula is C8H9FO3. The van der Waals surface area contributed by atoms with Gasteiger partial charge in [-0.2, -0.15) is 0 Å². The van der Waals surface area contributed by atoms with Crippen molar-refractivity contribution < 1.29 is 19.4 Å². The van der Waals surface area contributed by atoms with Crippen LogP contribution in [0.1, 0.15) is 6.92 Å². The average molecular weight is 172 g/mol. The molecule has 0 atom stereocenters. The van der Waals surface area contributed by atoms with Gasteiger partial charge in [-0.05, 0) is 24.3 Å². The van der Waals surface area contributed by atoms with E-state index in [0.29, 0.717) is 0 Å². The van der Waals surface area contributed by atoms with Crippen molar-refractivity contribution in [1.29, 1.82) is 0 Å². The Labute approximate surface area is 69.1 Å². The minimum Gasteiger partial charge on any atom is -0.508 e. The van der Waals surface area contributed by atoms with Gasteiger partial charge in [-0.1, -0.05) is 0 Å². The number of benzene rings is 1. The zero-order valence-corrected chi connectivity index (χ0v) is 6.49. The van der Waals surface area contributed by atoms with Gasteiger partial charge in [0.25, 0.3) is 5.97 Å². The molecule has 4 heteroatoms. The van der Waals surface area contributed by atoms with Crippen LogP contribution in [0.3, 0.4) is 0 Å². The fraction of sp³-hybridized carbons (Fsp3) is 0.125. The SMILES string of the molecule is CC(=O)O.Oc1ccc(F)cc1. The Morgan fingerprint density at radius 3 is 1.92 bits per heavy atom. The highest BCUT2D eigenvalue weighted by Gasteiger charge is 1.85. The predicted octanol–water partition coefficient (Wildman–Crippen LogP) is 1.62. The molecule has 0 aliphatic carbocycles. The topological polar surface area (TPSA) is 57.5 Å². The van der Waals surface area contributed by atoms with Crippen LogP contribution in [0.25, 0.3) is 0 Å². The Bertz CT molecular complexity index is 218. The number of carboxylic acids is 1. The lowest BCUT2D eigenvalue weighted by Crippen LogP contribution is -1.78. The summed E-state index contributed by atoms with van der Waals surface area (Å²) in [6.07, 6.45) is 0. The van der Waals surface area contributed by atoms with Crippen LogP contribution >= 0.6 is 0 Å². The maximum atomic E-state index is 12.0. The van der Waals surface area contributed by atoms with E-state index in [1.165, 1.54) is 24.3 Å². The number of rotatable bonds is 0. The number of hydrogen-bond donors (Lipinski definition) is 2. The first-order valence-electron chi connectivity index (χ1n) is 3.16. The van der Waals surface area contributed by atoms with E-state index < -0.39 is 5.97 Å². The van der Waals surface area contributed by atoms with Crippen LogP contribution in [-0.2, 0) is 4.79 Å². The Hall–Kier alpha value is -1.58. The number of carboxylic acid groups (broad SMARTS) is 1.